The lowest BCUT2D eigenvalue weighted by molar-refractivity contribution is -0.965. The van der Waals surface area contributed by atoms with E-state index >= 15 is 0 Å². The number of quaternary nitrogens is 1. The van der Waals surface area contributed by atoms with Gasteiger partial charge >= 0.3 is 0 Å². The van der Waals surface area contributed by atoms with Gasteiger partial charge in [0.25, 0.3) is 0 Å². The van der Waals surface area contributed by atoms with Crippen molar-refractivity contribution < 1.29 is 4.48 Å². The van der Waals surface area contributed by atoms with Gasteiger partial charge in [0.15, 0.2) is 0 Å². The molecule has 3 rings (SSSR count). The summed E-state index contributed by atoms with van der Waals surface area (Å²) in [6.45, 7) is 6.37. The van der Waals surface area contributed by atoms with Crippen molar-refractivity contribution in [2.45, 2.75) is 33.0 Å². The van der Waals surface area contributed by atoms with Crippen LogP contribution >= 0.6 is 0 Å². The zero-order valence-corrected chi connectivity index (χ0v) is 16.3. The Balaban J connectivity index is 1.95. The fourth-order valence-electron chi connectivity index (χ4n) is 3.83. The monoisotopic (exact) mass is 356 g/mol. The summed E-state index contributed by atoms with van der Waals surface area (Å²) in [5.41, 5.74) is 4.22. The minimum absolute atomic E-state index is 1.03. The van der Waals surface area contributed by atoms with Crippen LogP contribution in [0.2, 0.25) is 0 Å². The summed E-state index contributed by atoms with van der Waals surface area (Å²) in [4.78, 5) is 0. The molecule has 0 saturated carbocycles. The summed E-state index contributed by atoms with van der Waals surface area (Å²) in [6.07, 6.45) is 5.57. The number of hydrogen-bond acceptors (Lipinski definition) is 0. The molecule has 0 amide bonds. The lowest BCUT2D eigenvalue weighted by Gasteiger charge is -2.39. The zero-order valence-electron chi connectivity index (χ0n) is 16.3. The van der Waals surface area contributed by atoms with Crippen LogP contribution in [0.15, 0.2) is 103 Å². The van der Waals surface area contributed by atoms with Crippen LogP contribution in [-0.4, -0.2) is 11.0 Å². The second kappa shape index (κ2) is 9.89. The summed E-state index contributed by atoms with van der Waals surface area (Å²) in [5, 5.41) is 0. The minimum Gasteiger partial charge on any atom is -0.312 e. The average Bonchev–Trinajstić information content (AvgIpc) is 2.70. The van der Waals surface area contributed by atoms with E-state index in [0.717, 1.165) is 37.1 Å². The predicted molar refractivity (Wildman–Crippen MR) is 115 cm³/mol. The van der Waals surface area contributed by atoms with Crippen LogP contribution in [0.25, 0.3) is 0 Å². The molecule has 0 aromatic heterocycles. The number of allylic oxidation sites excluding steroid dienone is 1. The first-order valence-electron chi connectivity index (χ1n) is 9.88. The maximum Gasteiger partial charge on any atom is 0.105 e. The van der Waals surface area contributed by atoms with E-state index in [2.05, 4.69) is 110 Å². The maximum atomic E-state index is 2.30. The van der Waals surface area contributed by atoms with E-state index in [4.69, 9.17) is 0 Å². The highest BCUT2D eigenvalue weighted by molar-refractivity contribution is 5.17. The first-order chi connectivity index (χ1) is 13.3. The largest absolute Gasteiger partial charge is 0.312 e. The van der Waals surface area contributed by atoms with Crippen molar-refractivity contribution >= 4 is 0 Å². The Bertz CT molecular complexity index is 705. The molecule has 3 aromatic rings. The molecule has 0 N–H and O–H groups in total. The molecule has 0 radical (unpaired) electrons. The van der Waals surface area contributed by atoms with E-state index in [1.54, 1.807) is 0 Å². The quantitative estimate of drug-likeness (QED) is 0.309. The average molecular weight is 357 g/mol. The Morgan fingerprint density at radius 2 is 0.963 bits per heavy atom. The van der Waals surface area contributed by atoms with Crippen molar-refractivity contribution in [1.82, 2.24) is 0 Å². The van der Waals surface area contributed by atoms with Crippen molar-refractivity contribution in [3.8, 4) is 0 Å². The van der Waals surface area contributed by atoms with Gasteiger partial charge in [0, 0.05) is 23.1 Å². The first kappa shape index (κ1) is 19.1. The molecule has 0 unspecified atom stereocenters. The lowest BCUT2D eigenvalue weighted by Crippen LogP contribution is -2.46. The Morgan fingerprint density at radius 1 is 0.593 bits per heavy atom. The van der Waals surface area contributed by atoms with Crippen LogP contribution < -0.4 is 0 Å². The molecular formula is C26H30N+. The van der Waals surface area contributed by atoms with Gasteiger partial charge in [-0.05, 0) is 6.92 Å². The van der Waals surface area contributed by atoms with E-state index in [1.807, 2.05) is 0 Å². The molecule has 138 valence electrons. The fraction of sp³-hybridized carbons (Fsp3) is 0.231. The van der Waals surface area contributed by atoms with Crippen LogP contribution in [0.1, 0.15) is 30.0 Å². The Kier molecular flexibility index (Phi) is 7.01. The molecule has 0 saturated heterocycles. The SMILES string of the molecule is C/C=C/CC[N+](Cc1ccccc1)(Cc1ccccc1)Cc1ccccc1. The smallest absolute Gasteiger partial charge is 0.105 e. The Labute approximate surface area is 164 Å². The number of benzene rings is 3. The molecule has 27 heavy (non-hydrogen) atoms. The van der Waals surface area contributed by atoms with E-state index < -0.39 is 0 Å². The molecule has 0 aliphatic heterocycles. The minimum atomic E-state index is 1.03. The molecule has 0 atom stereocenters. The second-order valence-corrected chi connectivity index (χ2v) is 7.35. The first-order valence-corrected chi connectivity index (χ1v) is 9.88. The van der Waals surface area contributed by atoms with Crippen molar-refractivity contribution in [3.05, 3.63) is 120 Å². The Morgan fingerprint density at radius 3 is 1.30 bits per heavy atom. The van der Waals surface area contributed by atoms with Crippen LogP contribution in [0.5, 0.6) is 0 Å². The molecule has 0 fully saturated rings. The normalized spacial score (nSPS) is 11.7. The molecule has 0 bridgehead atoms. The lowest BCUT2D eigenvalue weighted by atomic mass is 10.1. The third-order valence-electron chi connectivity index (χ3n) is 5.09. The zero-order chi connectivity index (χ0) is 18.8. The topological polar surface area (TPSA) is 0 Å². The van der Waals surface area contributed by atoms with Gasteiger partial charge in [-0.3, -0.25) is 0 Å². The van der Waals surface area contributed by atoms with Gasteiger partial charge in [-0.1, -0.05) is 103 Å². The summed E-state index contributed by atoms with van der Waals surface area (Å²) < 4.78 is 1.03. The predicted octanol–water partition coefficient (Wildman–Crippen LogP) is 6.37. The molecule has 0 aliphatic rings. The summed E-state index contributed by atoms with van der Waals surface area (Å²) in [6, 6.07) is 32.8. The van der Waals surface area contributed by atoms with Crippen molar-refractivity contribution in [1.29, 1.82) is 0 Å². The number of hydrogen-bond donors (Lipinski definition) is 0. The van der Waals surface area contributed by atoms with Gasteiger partial charge in [0.2, 0.25) is 0 Å². The Hall–Kier alpha value is -2.64. The van der Waals surface area contributed by atoms with Gasteiger partial charge in [-0.2, -0.15) is 0 Å². The summed E-state index contributed by atoms with van der Waals surface area (Å²) in [5.74, 6) is 0. The van der Waals surface area contributed by atoms with Crippen molar-refractivity contribution in [2.75, 3.05) is 6.54 Å². The van der Waals surface area contributed by atoms with Crippen LogP contribution in [0.4, 0.5) is 0 Å². The third kappa shape index (κ3) is 5.94. The molecule has 3 aromatic carbocycles. The number of rotatable bonds is 9. The molecule has 0 aliphatic carbocycles. The second-order valence-electron chi connectivity index (χ2n) is 7.35. The van der Waals surface area contributed by atoms with Crippen molar-refractivity contribution in [3.63, 3.8) is 0 Å². The number of nitrogens with zero attached hydrogens (tertiary/aromatic N) is 1. The highest BCUT2D eigenvalue weighted by Gasteiger charge is 2.28. The van der Waals surface area contributed by atoms with Gasteiger partial charge in [-0.15, -0.1) is 0 Å². The van der Waals surface area contributed by atoms with Crippen molar-refractivity contribution in [2.24, 2.45) is 0 Å². The van der Waals surface area contributed by atoms with E-state index in [0.29, 0.717) is 0 Å². The highest BCUT2D eigenvalue weighted by Crippen LogP contribution is 2.25. The molecule has 1 nitrogen and oxygen atoms in total. The molecule has 1 heteroatoms. The van der Waals surface area contributed by atoms with Gasteiger partial charge in [0.1, 0.15) is 19.6 Å². The molecule has 0 spiro atoms. The molecular weight excluding hydrogens is 326 g/mol. The summed E-state index contributed by atoms with van der Waals surface area (Å²) >= 11 is 0. The van der Waals surface area contributed by atoms with Gasteiger partial charge in [-0.25, -0.2) is 0 Å². The van der Waals surface area contributed by atoms with Gasteiger partial charge < -0.3 is 4.48 Å². The highest BCUT2D eigenvalue weighted by atomic mass is 15.3. The van der Waals surface area contributed by atoms with E-state index in [-0.39, 0.29) is 0 Å². The van der Waals surface area contributed by atoms with Crippen LogP contribution in [0.3, 0.4) is 0 Å². The standard InChI is InChI=1S/C26H30N/c1-2-3-13-20-27(21-24-14-7-4-8-15-24,22-25-16-9-5-10-17-25)23-26-18-11-6-12-19-26/h2-12,14-19H,13,20-23H2,1H3/q+1/b3-2+. The van der Waals surface area contributed by atoms with Crippen LogP contribution in [-0.2, 0) is 19.6 Å². The third-order valence-corrected chi connectivity index (χ3v) is 5.09. The van der Waals surface area contributed by atoms with Crippen LogP contribution in [0, 0.1) is 0 Å². The van der Waals surface area contributed by atoms with E-state index in [1.165, 1.54) is 16.7 Å². The van der Waals surface area contributed by atoms with E-state index in [9.17, 15) is 0 Å². The summed E-state index contributed by atoms with van der Waals surface area (Å²) in [7, 11) is 0. The van der Waals surface area contributed by atoms with Gasteiger partial charge in [0.05, 0.1) is 6.54 Å². The molecule has 0 heterocycles. The fourth-order valence-corrected chi connectivity index (χ4v) is 3.83. The maximum absolute atomic E-state index is 2.30.